The van der Waals surface area contributed by atoms with E-state index in [1.54, 1.807) is 6.07 Å². The first-order valence-electron chi connectivity index (χ1n) is 7.75. The lowest BCUT2D eigenvalue weighted by molar-refractivity contribution is 0.0956. The zero-order valence-corrected chi connectivity index (χ0v) is 13.1. The Balaban J connectivity index is 2.12. The van der Waals surface area contributed by atoms with Crippen LogP contribution in [0.5, 0.6) is 0 Å². The van der Waals surface area contributed by atoms with E-state index in [9.17, 15) is 4.79 Å². The zero-order valence-electron chi connectivity index (χ0n) is 13.1. The molecule has 2 unspecified atom stereocenters. The Kier molecular flexibility index (Phi) is 5.07. The summed E-state index contributed by atoms with van der Waals surface area (Å²) in [5.41, 5.74) is 11.6. The van der Waals surface area contributed by atoms with Crippen LogP contribution in [0.15, 0.2) is 18.2 Å². The second-order valence-corrected chi connectivity index (χ2v) is 5.81. The number of carbonyl (C=O) groups excluding carboxylic acids is 1. The van der Waals surface area contributed by atoms with Crippen LogP contribution in [0.1, 0.15) is 50.4 Å². The topological polar surface area (TPSA) is 70.4 Å². The molecular formula is C16H26N4O. The van der Waals surface area contributed by atoms with Gasteiger partial charge in [0.2, 0.25) is 0 Å². The highest BCUT2D eigenvalue weighted by atomic mass is 16.1. The minimum Gasteiger partial charge on any atom is -0.397 e. The summed E-state index contributed by atoms with van der Waals surface area (Å²) in [4.78, 5) is 11.8. The van der Waals surface area contributed by atoms with Crippen molar-refractivity contribution in [1.29, 1.82) is 0 Å². The van der Waals surface area contributed by atoms with Gasteiger partial charge in [0.15, 0.2) is 0 Å². The Labute approximate surface area is 126 Å². The first-order valence-corrected chi connectivity index (χ1v) is 7.75. The lowest BCUT2D eigenvalue weighted by Crippen LogP contribution is -2.47. The van der Waals surface area contributed by atoms with Crippen LogP contribution >= 0.6 is 0 Å². The van der Waals surface area contributed by atoms with Gasteiger partial charge in [0.05, 0.1) is 11.4 Å². The average molecular weight is 290 g/mol. The fourth-order valence-corrected chi connectivity index (χ4v) is 2.85. The minimum atomic E-state index is -0.0875. The molecule has 5 heteroatoms. The Morgan fingerprint density at radius 1 is 1.33 bits per heavy atom. The first kappa shape index (κ1) is 15.6. The number of nitrogen functional groups attached to an aromatic ring is 1. The largest absolute Gasteiger partial charge is 0.397 e. The second kappa shape index (κ2) is 6.80. The predicted molar refractivity (Wildman–Crippen MR) is 87.1 cm³/mol. The van der Waals surface area contributed by atoms with E-state index in [4.69, 9.17) is 5.73 Å². The number of hydrogen-bond acceptors (Lipinski definition) is 4. The number of nitrogens with zero attached hydrogens (tertiary/aromatic N) is 1. The highest BCUT2D eigenvalue weighted by Crippen LogP contribution is 2.26. The van der Waals surface area contributed by atoms with Crippen molar-refractivity contribution in [2.75, 3.05) is 17.7 Å². The van der Waals surface area contributed by atoms with Crippen LogP contribution in [-0.2, 0) is 0 Å². The van der Waals surface area contributed by atoms with Gasteiger partial charge in [0.25, 0.3) is 5.91 Å². The van der Waals surface area contributed by atoms with E-state index in [1.165, 1.54) is 19.3 Å². The summed E-state index contributed by atoms with van der Waals surface area (Å²) < 4.78 is 0. The number of rotatable bonds is 4. The van der Waals surface area contributed by atoms with Crippen LogP contribution in [0.4, 0.5) is 11.4 Å². The van der Waals surface area contributed by atoms with Gasteiger partial charge in [-0.15, -0.1) is 0 Å². The number of piperidine rings is 1. The van der Waals surface area contributed by atoms with Crippen molar-refractivity contribution in [2.24, 2.45) is 0 Å². The fraction of sp³-hybridized carbons (Fsp3) is 0.562. The Hall–Kier alpha value is -1.75. The van der Waals surface area contributed by atoms with Crippen molar-refractivity contribution < 1.29 is 4.79 Å². The van der Waals surface area contributed by atoms with Crippen molar-refractivity contribution in [1.82, 2.24) is 10.3 Å². The van der Waals surface area contributed by atoms with Crippen LogP contribution in [0.2, 0.25) is 0 Å². The summed E-state index contributed by atoms with van der Waals surface area (Å²) in [5, 5.41) is 5.04. The number of nitrogens with two attached hydrogens (primary N) is 1. The fourth-order valence-electron chi connectivity index (χ4n) is 2.85. The molecule has 0 aromatic heterocycles. The van der Waals surface area contributed by atoms with E-state index in [0.717, 1.165) is 5.69 Å². The summed E-state index contributed by atoms with van der Waals surface area (Å²) in [5.74, 6) is -0.0875. The number of nitrogens with one attached hydrogen (secondary N) is 2. The number of carbonyl (C=O) groups is 1. The molecule has 2 rings (SSSR count). The zero-order chi connectivity index (χ0) is 15.4. The third-order valence-corrected chi connectivity index (χ3v) is 4.09. The third-order valence-electron chi connectivity index (χ3n) is 4.09. The molecule has 21 heavy (non-hydrogen) atoms. The predicted octanol–water partition coefficient (Wildman–Crippen LogP) is 2.61. The van der Waals surface area contributed by atoms with Gasteiger partial charge in [-0.25, -0.2) is 5.01 Å². The molecule has 0 bridgehead atoms. The van der Waals surface area contributed by atoms with Crippen molar-refractivity contribution >= 4 is 17.3 Å². The van der Waals surface area contributed by atoms with Gasteiger partial charge in [-0.3, -0.25) is 4.79 Å². The molecule has 4 N–H and O–H groups in total. The molecule has 1 fully saturated rings. The van der Waals surface area contributed by atoms with Gasteiger partial charge in [-0.05, 0) is 51.8 Å². The molecule has 0 spiro atoms. The van der Waals surface area contributed by atoms with Crippen molar-refractivity contribution in [3.05, 3.63) is 23.8 Å². The van der Waals surface area contributed by atoms with Crippen molar-refractivity contribution in [3.63, 3.8) is 0 Å². The van der Waals surface area contributed by atoms with Crippen LogP contribution < -0.4 is 16.5 Å². The molecule has 1 aromatic carbocycles. The smallest absolute Gasteiger partial charge is 0.251 e. The molecule has 2 atom stereocenters. The second-order valence-electron chi connectivity index (χ2n) is 5.81. The van der Waals surface area contributed by atoms with E-state index in [2.05, 4.69) is 29.6 Å². The third kappa shape index (κ3) is 3.67. The van der Waals surface area contributed by atoms with Gasteiger partial charge >= 0.3 is 0 Å². The quantitative estimate of drug-likeness (QED) is 0.746. The molecule has 1 aliphatic rings. The number of amides is 1. The van der Waals surface area contributed by atoms with Crippen LogP contribution in [0.25, 0.3) is 0 Å². The lowest BCUT2D eigenvalue weighted by Gasteiger charge is -2.39. The normalized spacial score (nSPS) is 22.8. The molecule has 1 heterocycles. The Morgan fingerprint density at radius 2 is 2.00 bits per heavy atom. The maximum Gasteiger partial charge on any atom is 0.251 e. The summed E-state index contributed by atoms with van der Waals surface area (Å²) in [7, 11) is 0. The Morgan fingerprint density at radius 3 is 2.57 bits per heavy atom. The minimum absolute atomic E-state index is 0.0875. The first-order chi connectivity index (χ1) is 10.0. The Bertz CT molecular complexity index is 493. The maximum absolute atomic E-state index is 11.8. The van der Waals surface area contributed by atoms with E-state index in [-0.39, 0.29) is 5.91 Å². The monoisotopic (exact) mass is 290 g/mol. The number of hydrogen-bond donors (Lipinski definition) is 3. The molecule has 0 radical (unpaired) electrons. The summed E-state index contributed by atoms with van der Waals surface area (Å²) in [6.45, 7) is 6.96. The van der Waals surface area contributed by atoms with Crippen molar-refractivity contribution in [2.45, 2.75) is 52.1 Å². The van der Waals surface area contributed by atoms with Gasteiger partial charge in [0.1, 0.15) is 0 Å². The van der Waals surface area contributed by atoms with E-state index >= 15 is 0 Å². The van der Waals surface area contributed by atoms with Gasteiger partial charge in [-0.2, -0.15) is 0 Å². The van der Waals surface area contributed by atoms with Gasteiger partial charge < -0.3 is 16.5 Å². The van der Waals surface area contributed by atoms with E-state index in [0.29, 0.717) is 29.9 Å². The average Bonchev–Trinajstić information content (AvgIpc) is 2.44. The van der Waals surface area contributed by atoms with Crippen LogP contribution in [-0.4, -0.2) is 29.5 Å². The molecule has 1 aromatic rings. The van der Waals surface area contributed by atoms with Crippen LogP contribution in [0.3, 0.4) is 0 Å². The van der Waals surface area contributed by atoms with Gasteiger partial charge in [0, 0.05) is 24.2 Å². The lowest BCUT2D eigenvalue weighted by atomic mass is 10.00. The molecule has 5 nitrogen and oxygen atoms in total. The van der Waals surface area contributed by atoms with Crippen LogP contribution in [0, 0.1) is 0 Å². The summed E-state index contributed by atoms with van der Waals surface area (Å²) in [6, 6.07) is 6.39. The van der Waals surface area contributed by atoms with Gasteiger partial charge in [-0.1, -0.05) is 6.42 Å². The molecule has 1 aliphatic heterocycles. The van der Waals surface area contributed by atoms with Crippen molar-refractivity contribution in [3.8, 4) is 0 Å². The molecule has 1 saturated heterocycles. The highest BCUT2D eigenvalue weighted by molar-refractivity contribution is 5.96. The number of hydrazine groups is 1. The highest BCUT2D eigenvalue weighted by Gasteiger charge is 2.25. The molecule has 1 amide bonds. The summed E-state index contributed by atoms with van der Waals surface area (Å²) in [6.07, 6.45) is 3.65. The molecule has 116 valence electrons. The maximum atomic E-state index is 11.8. The SMILES string of the molecule is CCNC(=O)c1ccc(NN2C(C)CCCC2C)c(N)c1. The van der Waals surface area contributed by atoms with E-state index in [1.807, 2.05) is 19.1 Å². The number of anilines is 2. The molecule has 0 aliphatic carbocycles. The standard InChI is InChI=1S/C16H26N4O/c1-4-18-16(21)13-8-9-15(14(17)10-13)19-20-11(2)6-5-7-12(20)3/h8-12,19H,4-7,17H2,1-3H3,(H,18,21). The molecular weight excluding hydrogens is 264 g/mol. The molecule has 0 saturated carbocycles. The summed E-state index contributed by atoms with van der Waals surface area (Å²) >= 11 is 0. The van der Waals surface area contributed by atoms with E-state index < -0.39 is 0 Å². The number of benzene rings is 1.